The van der Waals surface area contributed by atoms with Crippen LogP contribution in [0.25, 0.3) is 27.5 Å². The Labute approximate surface area is 200 Å². The number of aryl methyl sites for hydroxylation is 1. The molecule has 0 saturated heterocycles. The van der Waals surface area contributed by atoms with Crippen molar-refractivity contribution in [3.63, 3.8) is 0 Å². The molecule has 32 heavy (non-hydrogen) atoms. The van der Waals surface area contributed by atoms with Crippen LogP contribution < -0.4 is 0 Å². The topological polar surface area (TPSA) is 4.93 Å². The third-order valence-electron chi connectivity index (χ3n) is 5.51. The second-order valence-electron chi connectivity index (χ2n) is 8.18. The highest BCUT2D eigenvalue weighted by atomic mass is 32.1. The molecule has 3 heterocycles. The summed E-state index contributed by atoms with van der Waals surface area (Å²) in [4.78, 5) is 5.01. The first-order chi connectivity index (χ1) is 15.3. The van der Waals surface area contributed by atoms with Crippen LogP contribution in [-0.2, 0) is 6.42 Å². The normalized spacial score (nSPS) is 11.9. The van der Waals surface area contributed by atoms with Crippen molar-refractivity contribution in [2.24, 2.45) is 0 Å². The molecule has 0 N–H and O–H groups in total. The average Bonchev–Trinajstić information content (AvgIpc) is 3.46. The summed E-state index contributed by atoms with van der Waals surface area (Å²) in [5.74, 6) is 0. The zero-order valence-corrected chi connectivity index (χ0v) is 21.4. The van der Waals surface area contributed by atoms with E-state index in [2.05, 4.69) is 77.6 Å². The van der Waals surface area contributed by atoms with E-state index in [0.29, 0.717) is 7.69 Å². The van der Waals surface area contributed by atoms with Gasteiger partial charge < -0.3 is 8.79 Å². The summed E-state index contributed by atoms with van der Waals surface area (Å²) in [6.07, 6.45) is 9.05. The lowest BCUT2D eigenvalue weighted by Crippen LogP contribution is -2.08. The highest BCUT2D eigenvalue weighted by Gasteiger charge is 2.20. The molecule has 0 amide bonds. The van der Waals surface area contributed by atoms with Gasteiger partial charge in [0.25, 0.3) is 0 Å². The minimum Gasteiger partial charge on any atom is -0.358 e. The van der Waals surface area contributed by atoms with Gasteiger partial charge in [0.2, 0.25) is 0 Å². The van der Waals surface area contributed by atoms with Gasteiger partial charge in [-0.1, -0.05) is 31.2 Å². The van der Waals surface area contributed by atoms with Crippen LogP contribution in [0.3, 0.4) is 0 Å². The van der Waals surface area contributed by atoms with E-state index in [9.17, 15) is 4.32 Å². The molecule has 165 valence electrons. The number of allylic oxidation sites excluding steroid dienone is 5. The molecule has 0 fully saturated rings. The van der Waals surface area contributed by atoms with Gasteiger partial charge in [0, 0.05) is 30.9 Å². The molecule has 0 aliphatic carbocycles. The summed E-state index contributed by atoms with van der Waals surface area (Å²) >= 11 is 3.56. The van der Waals surface area contributed by atoms with Crippen LogP contribution >= 0.6 is 22.7 Å². The zero-order chi connectivity index (χ0) is 23.4. The zero-order valence-electron chi connectivity index (χ0n) is 19.8. The summed E-state index contributed by atoms with van der Waals surface area (Å²) in [5, 5.41) is 0. The van der Waals surface area contributed by atoms with Crippen LogP contribution in [0, 0.1) is 13.8 Å². The number of hydrogen-bond acceptors (Lipinski definition) is 2. The molecule has 3 aromatic rings. The molecular formula is C27H30BFNS2. The molecule has 1 nitrogen and oxygen atoms in total. The predicted molar refractivity (Wildman–Crippen MR) is 144 cm³/mol. The van der Waals surface area contributed by atoms with Crippen LogP contribution in [0.15, 0.2) is 54.1 Å². The highest BCUT2D eigenvalue weighted by Crippen LogP contribution is 2.35. The summed E-state index contributed by atoms with van der Waals surface area (Å²) in [6.45, 7) is 16.7. The van der Waals surface area contributed by atoms with E-state index >= 15 is 0 Å². The van der Waals surface area contributed by atoms with Gasteiger partial charge in [0.05, 0.1) is 0 Å². The van der Waals surface area contributed by atoms with E-state index in [4.69, 9.17) is 0 Å². The van der Waals surface area contributed by atoms with Crippen molar-refractivity contribution in [2.45, 2.75) is 48.0 Å². The molecule has 0 aliphatic heterocycles. The van der Waals surface area contributed by atoms with E-state index in [1.54, 1.807) is 27.2 Å². The molecule has 0 atom stereocenters. The van der Waals surface area contributed by atoms with Gasteiger partial charge in [-0.3, -0.25) is 0 Å². The summed E-state index contributed by atoms with van der Waals surface area (Å²) in [5.41, 5.74) is 7.02. The minimum atomic E-state index is 0.662. The maximum atomic E-state index is 14.2. The van der Waals surface area contributed by atoms with Gasteiger partial charge in [-0.15, -0.1) is 22.7 Å². The molecule has 0 spiro atoms. The van der Waals surface area contributed by atoms with Gasteiger partial charge in [-0.05, 0) is 99.7 Å². The number of halogens is 1. The maximum absolute atomic E-state index is 14.2. The first-order valence-corrected chi connectivity index (χ1v) is 12.4. The molecule has 3 aromatic heterocycles. The number of rotatable bonds is 8. The molecule has 5 heteroatoms. The monoisotopic (exact) mass is 462 g/mol. The molecule has 0 aliphatic rings. The van der Waals surface area contributed by atoms with E-state index < -0.39 is 0 Å². The van der Waals surface area contributed by atoms with Crippen molar-refractivity contribution in [3.8, 4) is 9.75 Å². The van der Waals surface area contributed by atoms with Gasteiger partial charge in [-0.2, -0.15) is 0 Å². The van der Waals surface area contributed by atoms with Crippen LogP contribution in [0.2, 0.25) is 0 Å². The summed E-state index contributed by atoms with van der Waals surface area (Å²) < 4.78 is 15.8. The van der Waals surface area contributed by atoms with E-state index in [1.807, 2.05) is 19.1 Å². The number of aromatic nitrogens is 1. The predicted octanol–water partition coefficient (Wildman–Crippen LogP) is 8.91. The smallest absolute Gasteiger partial charge is 0.358 e. The standard InChI is InChI=1S/C27H30BFNS2/c1-8-23-21(7)27(20(6)18(4)10-9-17(2)3)30(28-29)24(23)14-12-22-13-16-26(32-22)25-15-11-19(5)31-25/h9-16H,6,8H2,1-5,7H3. The molecule has 3 rings (SSSR count). The minimum absolute atomic E-state index is 0.662. The molecule has 0 unspecified atom stereocenters. The Morgan fingerprint density at radius 2 is 1.72 bits per heavy atom. The number of hydrogen-bond donors (Lipinski definition) is 0. The van der Waals surface area contributed by atoms with Crippen molar-refractivity contribution < 1.29 is 4.32 Å². The second kappa shape index (κ2) is 10.5. The SMILES string of the molecule is C=C(C(C)=CC=C(C)C)c1c(C)c(CC)c(C=Cc2ccc(-c3ccc(C)s3)s2)n1[B]F. The average molecular weight is 462 g/mol. The van der Waals surface area contributed by atoms with Crippen LogP contribution in [0.1, 0.15) is 60.0 Å². The first kappa shape index (κ1) is 24.3. The second-order valence-corrected chi connectivity index (χ2v) is 10.6. The quantitative estimate of drug-likeness (QED) is 0.233. The van der Waals surface area contributed by atoms with Gasteiger partial charge in [0.15, 0.2) is 0 Å². The van der Waals surface area contributed by atoms with Crippen LogP contribution in [0.4, 0.5) is 4.32 Å². The molecule has 0 bridgehead atoms. The maximum Gasteiger partial charge on any atom is 0.495 e. The fourth-order valence-electron chi connectivity index (χ4n) is 3.76. The fraction of sp³-hybridized carbons (Fsp3) is 0.259. The summed E-state index contributed by atoms with van der Waals surface area (Å²) in [7, 11) is 0.662. The Kier molecular flexibility index (Phi) is 7.97. The lowest BCUT2D eigenvalue weighted by Gasteiger charge is -2.11. The van der Waals surface area contributed by atoms with Crippen molar-refractivity contribution in [1.82, 2.24) is 4.48 Å². The fourth-order valence-corrected chi connectivity index (χ4v) is 5.63. The lowest BCUT2D eigenvalue weighted by molar-refractivity contribution is 0.829. The van der Waals surface area contributed by atoms with E-state index in [1.165, 1.54) is 20.2 Å². The van der Waals surface area contributed by atoms with Gasteiger partial charge in [0.1, 0.15) is 0 Å². The molecule has 0 aromatic carbocycles. The van der Waals surface area contributed by atoms with Crippen LogP contribution in [-0.4, -0.2) is 12.2 Å². The van der Waals surface area contributed by atoms with Crippen molar-refractivity contribution in [2.75, 3.05) is 0 Å². The Hall–Kier alpha value is -2.37. The largest absolute Gasteiger partial charge is 0.495 e. The third kappa shape index (κ3) is 5.16. The van der Waals surface area contributed by atoms with Crippen LogP contribution in [0.5, 0.6) is 0 Å². The third-order valence-corrected chi connectivity index (χ3v) is 7.76. The first-order valence-electron chi connectivity index (χ1n) is 10.8. The Morgan fingerprint density at radius 3 is 2.31 bits per heavy atom. The molecule has 1 radical (unpaired) electrons. The number of thiophene rings is 2. The Morgan fingerprint density at radius 1 is 1.03 bits per heavy atom. The van der Waals surface area contributed by atoms with E-state index in [-0.39, 0.29) is 0 Å². The van der Waals surface area contributed by atoms with Gasteiger partial charge >= 0.3 is 7.69 Å². The summed E-state index contributed by atoms with van der Waals surface area (Å²) in [6, 6.07) is 8.61. The molecule has 0 saturated carbocycles. The van der Waals surface area contributed by atoms with E-state index in [0.717, 1.165) is 45.0 Å². The van der Waals surface area contributed by atoms with Crippen molar-refractivity contribution >= 4 is 48.1 Å². The molecular weight excluding hydrogens is 432 g/mol. The van der Waals surface area contributed by atoms with Gasteiger partial charge in [-0.25, -0.2) is 0 Å². The van der Waals surface area contributed by atoms with Crippen molar-refractivity contribution in [1.29, 1.82) is 0 Å². The number of nitrogens with zero attached hydrogens (tertiary/aromatic N) is 1. The Bertz CT molecular complexity index is 1210. The van der Waals surface area contributed by atoms with Crippen molar-refractivity contribution in [3.05, 3.63) is 86.4 Å². The Balaban J connectivity index is 1.99. The highest BCUT2D eigenvalue weighted by molar-refractivity contribution is 7.22. The lowest BCUT2D eigenvalue weighted by atomic mass is 9.99.